The zero-order valence-corrected chi connectivity index (χ0v) is 21.6. The summed E-state index contributed by atoms with van der Waals surface area (Å²) in [5.41, 5.74) is 5.17. The zero-order chi connectivity index (χ0) is 29.3. The minimum atomic E-state index is -4.51. The summed E-state index contributed by atoms with van der Waals surface area (Å²) in [4.78, 5) is 37.0. The summed E-state index contributed by atoms with van der Waals surface area (Å²) in [6, 6.07) is 6.32. The second-order valence-corrected chi connectivity index (χ2v) is 9.61. The molecule has 0 aliphatic carbocycles. The molecule has 1 heterocycles. The van der Waals surface area contributed by atoms with Crippen molar-refractivity contribution in [3.05, 3.63) is 65.0 Å². The van der Waals surface area contributed by atoms with Crippen molar-refractivity contribution in [2.24, 2.45) is 5.73 Å². The lowest BCUT2D eigenvalue weighted by Gasteiger charge is -2.27. The van der Waals surface area contributed by atoms with E-state index in [1.807, 2.05) is 0 Å². The molecule has 3 amide bonds. The number of alkyl halides is 3. The Morgan fingerprint density at radius 3 is 2.65 bits per heavy atom. The Morgan fingerprint density at radius 1 is 1.15 bits per heavy atom. The predicted molar refractivity (Wildman–Crippen MR) is 136 cm³/mol. The Hall–Kier alpha value is -3.71. The van der Waals surface area contributed by atoms with E-state index >= 15 is 0 Å². The van der Waals surface area contributed by atoms with Gasteiger partial charge in [0.25, 0.3) is 0 Å². The van der Waals surface area contributed by atoms with Gasteiger partial charge in [0, 0.05) is 25.6 Å². The number of aliphatic hydroxyl groups excluding tert-OH is 1. The van der Waals surface area contributed by atoms with Gasteiger partial charge < -0.3 is 31.5 Å². The molecule has 2 bridgehead atoms. The maximum absolute atomic E-state index is 14.3. The molecule has 40 heavy (non-hydrogen) atoms. The topological polar surface area (TPSA) is 143 Å². The summed E-state index contributed by atoms with van der Waals surface area (Å²) in [5, 5.41) is 18.9. The molecule has 2 aromatic rings. The molecule has 0 fully saturated rings. The van der Waals surface area contributed by atoms with Crippen molar-refractivity contribution in [2.75, 3.05) is 13.2 Å². The number of nitrogens with one attached hydrogen (secondary N) is 3. The first-order valence-corrected chi connectivity index (χ1v) is 12.8. The van der Waals surface area contributed by atoms with E-state index in [2.05, 4.69) is 16.0 Å². The van der Waals surface area contributed by atoms with Crippen molar-refractivity contribution in [2.45, 2.75) is 63.0 Å². The summed E-state index contributed by atoms with van der Waals surface area (Å²) < 4.78 is 59.0. The molecule has 6 N–H and O–H groups in total. The highest BCUT2D eigenvalue weighted by atomic mass is 19.4. The number of hydrogen-bond acceptors (Lipinski definition) is 6. The highest BCUT2D eigenvalue weighted by Gasteiger charge is 2.31. The number of primary amides is 1. The van der Waals surface area contributed by atoms with Gasteiger partial charge in [-0.2, -0.15) is 13.2 Å². The van der Waals surface area contributed by atoms with Gasteiger partial charge in [0.05, 0.1) is 30.7 Å². The van der Waals surface area contributed by atoms with E-state index in [0.29, 0.717) is 24.0 Å². The van der Waals surface area contributed by atoms with Gasteiger partial charge in [0.15, 0.2) is 0 Å². The first kappa shape index (κ1) is 30.8. The number of nitrogens with two attached hydrogens (primary N) is 1. The second kappa shape index (κ2) is 14.1. The number of fused-ring (bicyclic) bond motifs is 2. The molecular formula is C27H32F4N4O5. The van der Waals surface area contributed by atoms with Crippen molar-refractivity contribution in [3.8, 4) is 5.75 Å². The highest BCUT2D eigenvalue weighted by molar-refractivity contribution is 5.91. The summed E-state index contributed by atoms with van der Waals surface area (Å²) in [7, 11) is 0. The largest absolute Gasteiger partial charge is 0.493 e. The normalized spacial score (nSPS) is 19.8. The van der Waals surface area contributed by atoms with Crippen molar-refractivity contribution in [1.29, 1.82) is 0 Å². The van der Waals surface area contributed by atoms with Crippen LogP contribution in [0.1, 0.15) is 42.4 Å². The summed E-state index contributed by atoms with van der Waals surface area (Å²) >= 11 is 0. The van der Waals surface area contributed by atoms with Gasteiger partial charge in [-0.1, -0.05) is 18.2 Å². The summed E-state index contributed by atoms with van der Waals surface area (Å²) in [5.74, 6) is -2.45. The lowest BCUT2D eigenvalue weighted by Crippen LogP contribution is -2.55. The molecule has 218 valence electrons. The number of benzene rings is 2. The van der Waals surface area contributed by atoms with Crippen molar-refractivity contribution < 1.29 is 41.8 Å². The molecule has 3 unspecified atom stereocenters. The molecule has 13 heteroatoms. The molecule has 0 saturated carbocycles. The van der Waals surface area contributed by atoms with Crippen LogP contribution in [0.4, 0.5) is 17.6 Å². The van der Waals surface area contributed by atoms with Gasteiger partial charge in [0.1, 0.15) is 17.6 Å². The van der Waals surface area contributed by atoms with Gasteiger partial charge in [0.2, 0.25) is 17.7 Å². The number of rotatable bonds is 7. The van der Waals surface area contributed by atoms with Crippen LogP contribution in [-0.4, -0.2) is 54.2 Å². The fraction of sp³-hybridized carbons (Fsp3) is 0.444. The van der Waals surface area contributed by atoms with Gasteiger partial charge in [-0.15, -0.1) is 0 Å². The third kappa shape index (κ3) is 9.79. The van der Waals surface area contributed by atoms with Gasteiger partial charge in [-0.3, -0.25) is 14.4 Å². The minimum absolute atomic E-state index is 0.0139. The van der Waals surface area contributed by atoms with E-state index in [4.69, 9.17) is 10.5 Å². The van der Waals surface area contributed by atoms with Crippen LogP contribution in [0.2, 0.25) is 0 Å². The number of aliphatic hydroxyl groups is 1. The second-order valence-electron chi connectivity index (χ2n) is 9.61. The Kier molecular flexibility index (Phi) is 10.8. The van der Waals surface area contributed by atoms with E-state index in [0.717, 1.165) is 12.1 Å². The smallest absolute Gasteiger partial charge is 0.416 e. The predicted octanol–water partition coefficient (Wildman–Crippen LogP) is 1.95. The van der Waals surface area contributed by atoms with Crippen LogP contribution < -0.4 is 26.4 Å². The van der Waals surface area contributed by atoms with E-state index in [-0.39, 0.29) is 38.3 Å². The highest BCUT2D eigenvalue weighted by Crippen LogP contribution is 2.29. The Morgan fingerprint density at radius 2 is 1.93 bits per heavy atom. The SMILES string of the molecule is NC(=O)CC1NC(=O)CCCCOc2cc(F)cc(c2)CC(C(O)CNCc2cccc(C(F)(F)F)c2)NC1=O. The fourth-order valence-electron chi connectivity index (χ4n) is 4.26. The Bertz CT molecular complexity index is 1190. The quantitative estimate of drug-likeness (QED) is 0.323. The molecule has 0 saturated heterocycles. The molecule has 1 aliphatic heterocycles. The van der Waals surface area contributed by atoms with E-state index in [9.17, 15) is 37.1 Å². The van der Waals surface area contributed by atoms with E-state index in [1.165, 1.54) is 24.3 Å². The van der Waals surface area contributed by atoms with E-state index in [1.54, 1.807) is 6.07 Å². The molecule has 1 aliphatic rings. The molecule has 2 aromatic carbocycles. The average molecular weight is 569 g/mol. The number of carbonyl (C=O) groups is 3. The Balaban J connectivity index is 1.80. The molecule has 3 rings (SSSR count). The van der Waals surface area contributed by atoms with Gasteiger partial charge in [-0.05, 0) is 48.6 Å². The number of carbonyl (C=O) groups excluding carboxylic acids is 3. The van der Waals surface area contributed by atoms with Crippen LogP contribution in [-0.2, 0) is 33.5 Å². The third-order valence-corrected chi connectivity index (χ3v) is 6.24. The summed E-state index contributed by atoms with van der Waals surface area (Å²) in [6.45, 7) is 0.0379. The molecule has 0 aromatic heterocycles. The Labute approximate surface area is 228 Å². The van der Waals surface area contributed by atoms with Crippen molar-refractivity contribution in [1.82, 2.24) is 16.0 Å². The first-order valence-electron chi connectivity index (χ1n) is 12.8. The van der Waals surface area contributed by atoms with E-state index < -0.39 is 59.9 Å². The van der Waals surface area contributed by atoms with Crippen LogP contribution >= 0.6 is 0 Å². The molecule has 0 radical (unpaired) electrons. The van der Waals surface area contributed by atoms with Crippen LogP contribution in [0.5, 0.6) is 5.75 Å². The number of halogens is 4. The molecule has 9 nitrogen and oxygen atoms in total. The van der Waals surface area contributed by atoms with Crippen LogP contribution in [0.15, 0.2) is 42.5 Å². The maximum atomic E-state index is 14.3. The fourth-order valence-corrected chi connectivity index (χ4v) is 4.26. The van der Waals surface area contributed by atoms with Gasteiger partial charge in [-0.25, -0.2) is 4.39 Å². The first-order chi connectivity index (χ1) is 18.9. The van der Waals surface area contributed by atoms with Crippen LogP contribution in [0.25, 0.3) is 0 Å². The summed E-state index contributed by atoms with van der Waals surface area (Å²) in [6.07, 6.45) is -5.42. The monoisotopic (exact) mass is 568 g/mol. The van der Waals surface area contributed by atoms with Crippen LogP contribution in [0.3, 0.4) is 0 Å². The standard InChI is InChI=1S/C27H32F4N4O5/c28-19-9-17-10-20(12-19)40-7-2-1-6-25(38)34-22(13-24(32)37)26(39)35-21(11-17)23(36)15-33-14-16-4-3-5-18(8-16)27(29,30)31/h3-5,8-10,12,21-23,33,36H,1-2,6-7,11,13-15H2,(H2,32,37)(H,34,38)(H,35,39). The maximum Gasteiger partial charge on any atom is 0.416 e. The number of ether oxygens (including phenoxy) is 1. The van der Waals surface area contributed by atoms with Gasteiger partial charge >= 0.3 is 6.18 Å². The van der Waals surface area contributed by atoms with Crippen molar-refractivity contribution >= 4 is 17.7 Å². The lowest BCUT2D eigenvalue weighted by molar-refractivity contribution is -0.137. The number of hydrogen-bond donors (Lipinski definition) is 5. The molecule has 3 atom stereocenters. The average Bonchev–Trinajstić information content (AvgIpc) is 2.86. The zero-order valence-electron chi connectivity index (χ0n) is 21.6. The minimum Gasteiger partial charge on any atom is -0.493 e. The van der Waals surface area contributed by atoms with Crippen LogP contribution in [0, 0.1) is 5.82 Å². The molecular weight excluding hydrogens is 536 g/mol. The molecule has 0 spiro atoms. The van der Waals surface area contributed by atoms with Crippen molar-refractivity contribution in [3.63, 3.8) is 0 Å². The third-order valence-electron chi connectivity index (χ3n) is 6.24. The lowest BCUT2D eigenvalue weighted by atomic mass is 9.99. The number of amides is 3.